The topological polar surface area (TPSA) is 30.8 Å². The van der Waals surface area contributed by atoms with E-state index in [9.17, 15) is 0 Å². The maximum Gasteiger partial charge on any atom is 0.209 e. The highest BCUT2D eigenvalue weighted by atomic mass is 32.1. The predicted octanol–water partition coefficient (Wildman–Crippen LogP) is 15.3. The zero-order valence-electron chi connectivity index (χ0n) is 41.1. The summed E-state index contributed by atoms with van der Waals surface area (Å²) in [4.78, 5) is 11.1. The summed E-state index contributed by atoms with van der Waals surface area (Å²) >= 11 is 8.05. The van der Waals surface area contributed by atoms with Gasteiger partial charge in [-0.05, 0) is 86.3 Å². The summed E-state index contributed by atoms with van der Waals surface area (Å²) in [5, 5.41) is 6.67. The van der Waals surface area contributed by atoms with E-state index < -0.39 is 0 Å². The predicted molar refractivity (Wildman–Crippen MR) is 266 cm³/mol. The average Bonchev–Trinajstić information content (AvgIpc) is 3.61. The Balaban J connectivity index is 2.62. The van der Waals surface area contributed by atoms with E-state index in [2.05, 4.69) is 93.5 Å². The second-order valence-corrected chi connectivity index (χ2v) is 20.7. The number of piperidine rings is 1. The number of anilines is 1. The van der Waals surface area contributed by atoms with Crippen molar-refractivity contribution in [3.05, 3.63) is 16.1 Å². The van der Waals surface area contributed by atoms with Gasteiger partial charge in [-0.2, -0.15) is 0 Å². The van der Waals surface area contributed by atoms with Crippen molar-refractivity contribution in [1.29, 1.82) is 0 Å². The van der Waals surface area contributed by atoms with Gasteiger partial charge >= 0.3 is 0 Å². The Morgan fingerprint density at radius 1 is 0.593 bits per heavy atom. The summed E-state index contributed by atoms with van der Waals surface area (Å²) in [5.74, 6) is 4.10. The van der Waals surface area contributed by atoms with Crippen LogP contribution in [0.2, 0.25) is 0 Å². The van der Waals surface area contributed by atoms with Crippen LogP contribution in [-0.4, -0.2) is 77.1 Å². The molecule has 0 N–H and O–H groups in total. The number of likely N-dealkylation sites (tertiary alicyclic amines) is 1. The van der Waals surface area contributed by atoms with Gasteiger partial charge in [0.1, 0.15) is 0 Å². The lowest BCUT2D eigenvalue weighted by molar-refractivity contribution is 0.121. The van der Waals surface area contributed by atoms with Crippen molar-refractivity contribution in [2.24, 2.45) is 35.5 Å². The monoisotopic (exact) mass is 861 g/mol. The second kappa shape index (κ2) is 32.8. The highest BCUT2D eigenvalue weighted by Gasteiger charge is 2.31. The normalized spacial score (nSPS) is 18.5. The van der Waals surface area contributed by atoms with E-state index in [0.29, 0.717) is 11.8 Å². The lowest BCUT2D eigenvalue weighted by atomic mass is 9.79. The molecule has 6 unspecified atom stereocenters. The van der Waals surface area contributed by atoms with Crippen LogP contribution in [0, 0.1) is 39.5 Å². The fraction of sp³-hybridized carbons (Fsp3) is 0.922. The summed E-state index contributed by atoms with van der Waals surface area (Å²) in [7, 11) is 0. The standard InChI is InChI=1S/C51H100N6S2/c1-12-22-28-44(18-7)34-53(35-45(19-8)29-23-13-2)40-56(41-54(36-46(20-9)30-24-14-3)37-47(21-10)31-25-15-4)50-52-57(51(58)59-50)42-55-38-48(32-26-16-5)43(11)49(39-55)33-27-17-6/h44-49H,11-42H2,1-10H3. The van der Waals surface area contributed by atoms with Crippen molar-refractivity contribution in [1.82, 2.24) is 24.5 Å². The molecular weight excluding hydrogens is 761 g/mol. The fourth-order valence-electron chi connectivity index (χ4n) is 9.70. The van der Waals surface area contributed by atoms with Gasteiger partial charge < -0.3 is 4.90 Å². The first kappa shape index (κ1) is 54.3. The molecule has 8 heteroatoms. The number of hydrogen-bond donors (Lipinski definition) is 0. The molecule has 346 valence electrons. The molecule has 0 amide bonds. The Morgan fingerprint density at radius 3 is 1.27 bits per heavy atom. The van der Waals surface area contributed by atoms with E-state index in [1.165, 1.54) is 173 Å². The van der Waals surface area contributed by atoms with Crippen LogP contribution in [0.3, 0.4) is 0 Å². The summed E-state index contributed by atoms with van der Waals surface area (Å²) in [6.45, 7) is 38.0. The van der Waals surface area contributed by atoms with Crippen LogP contribution in [0.4, 0.5) is 5.13 Å². The molecule has 1 aliphatic heterocycles. The number of rotatable bonds is 37. The van der Waals surface area contributed by atoms with Gasteiger partial charge in [-0.1, -0.05) is 195 Å². The van der Waals surface area contributed by atoms with Crippen LogP contribution in [-0.2, 0) is 6.67 Å². The molecule has 0 aromatic carbocycles. The number of aromatic nitrogens is 2. The maximum atomic E-state index is 6.28. The van der Waals surface area contributed by atoms with E-state index >= 15 is 0 Å². The van der Waals surface area contributed by atoms with Crippen LogP contribution in [0.5, 0.6) is 0 Å². The zero-order chi connectivity index (χ0) is 43.4. The fourth-order valence-corrected chi connectivity index (χ4v) is 10.8. The first-order valence-electron chi connectivity index (χ1n) is 25.8. The lowest BCUT2D eigenvalue weighted by Gasteiger charge is -2.40. The van der Waals surface area contributed by atoms with Crippen LogP contribution in [0.25, 0.3) is 0 Å². The third-order valence-electron chi connectivity index (χ3n) is 14.0. The molecule has 1 aromatic rings. The molecule has 2 heterocycles. The molecule has 6 nitrogen and oxygen atoms in total. The van der Waals surface area contributed by atoms with E-state index in [0.717, 1.165) is 65.9 Å². The Labute approximate surface area is 377 Å². The van der Waals surface area contributed by atoms with Crippen molar-refractivity contribution in [3.63, 3.8) is 0 Å². The Hall–Kier alpha value is -0.800. The van der Waals surface area contributed by atoms with E-state index in [-0.39, 0.29) is 0 Å². The zero-order valence-corrected chi connectivity index (χ0v) is 42.7. The number of nitrogens with zero attached hydrogens (tertiary/aromatic N) is 6. The second-order valence-electron chi connectivity index (χ2n) is 19.1. The summed E-state index contributed by atoms with van der Waals surface area (Å²) < 4.78 is 3.13. The van der Waals surface area contributed by atoms with Gasteiger partial charge in [0, 0.05) is 39.3 Å². The van der Waals surface area contributed by atoms with E-state index in [1.807, 2.05) is 0 Å². The minimum atomic E-state index is 0.577. The van der Waals surface area contributed by atoms with E-state index in [1.54, 1.807) is 11.3 Å². The first-order chi connectivity index (χ1) is 28.6. The number of unbranched alkanes of at least 4 members (excludes halogenated alkanes) is 6. The van der Waals surface area contributed by atoms with Crippen LogP contribution < -0.4 is 4.90 Å². The quantitative estimate of drug-likeness (QED) is 0.0376. The Morgan fingerprint density at radius 2 is 0.949 bits per heavy atom. The van der Waals surface area contributed by atoms with Crippen LogP contribution in [0.15, 0.2) is 12.2 Å². The van der Waals surface area contributed by atoms with Crippen molar-refractivity contribution in [2.45, 2.75) is 217 Å². The molecule has 1 aliphatic rings. The van der Waals surface area contributed by atoms with Gasteiger partial charge in [-0.25, -0.2) is 4.68 Å². The minimum absolute atomic E-state index is 0.577. The molecular formula is C51H100N6S2. The van der Waals surface area contributed by atoms with Gasteiger partial charge in [-0.3, -0.25) is 14.7 Å². The molecule has 0 saturated carbocycles. The molecule has 1 aromatic heterocycles. The summed E-state index contributed by atoms with van der Waals surface area (Å²) in [6, 6.07) is 0. The molecule has 1 fully saturated rings. The highest BCUT2D eigenvalue weighted by molar-refractivity contribution is 7.73. The maximum absolute atomic E-state index is 6.28. The Bertz CT molecular complexity index is 1130. The highest BCUT2D eigenvalue weighted by Crippen LogP contribution is 2.34. The van der Waals surface area contributed by atoms with E-state index in [4.69, 9.17) is 23.9 Å². The van der Waals surface area contributed by atoms with Crippen LogP contribution in [0.1, 0.15) is 210 Å². The third-order valence-corrected chi connectivity index (χ3v) is 15.4. The van der Waals surface area contributed by atoms with Crippen molar-refractivity contribution in [3.8, 4) is 0 Å². The third kappa shape index (κ3) is 21.0. The Kier molecular flexibility index (Phi) is 30.2. The summed E-state index contributed by atoms with van der Waals surface area (Å²) in [6.07, 6.45) is 28.4. The van der Waals surface area contributed by atoms with Crippen molar-refractivity contribution in [2.75, 3.05) is 57.5 Å². The largest absolute Gasteiger partial charge is 0.321 e. The molecule has 0 spiro atoms. The molecule has 0 bridgehead atoms. The van der Waals surface area contributed by atoms with Gasteiger partial charge in [-0.15, -0.1) is 5.10 Å². The van der Waals surface area contributed by atoms with Crippen molar-refractivity contribution < 1.29 is 0 Å². The minimum Gasteiger partial charge on any atom is -0.321 e. The molecule has 59 heavy (non-hydrogen) atoms. The molecule has 6 atom stereocenters. The summed E-state index contributed by atoms with van der Waals surface area (Å²) in [5.41, 5.74) is 1.51. The SMILES string of the molecule is C=C1C(CCCC)CN(Cn2nc(N(CN(CC(CC)CCCC)CC(CC)CCCC)CN(CC(CC)CCCC)CC(CC)CCCC)sc2=S)CC1CCCC. The molecule has 1 saturated heterocycles. The lowest BCUT2D eigenvalue weighted by Crippen LogP contribution is -2.49. The first-order valence-corrected chi connectivity index (χ1v) is 27.0. The van der Waals surface area contributed by atoms with Gasteiger partial charge in [0.2, 0.25) is 5.13 Å². The molecule has 2 rings (SSSR count). The molecule has 0 aliphatic carbocycles. The smallest absolute Gasteiger partial charge is 0.209 e. The van der Waals surface area contributed by atoms with Crippen molar-refractivity contribution >= 4 is 28.7 Å². The van der Waals surface area contributed by atoms with Gasteiger partial charge in [0.25, 0.3) is 0 Å². The average molecular weight is 862 g/mol. The van der Waals surface area contributed by atoms with Crippen LogP contribution >= 0.6 is 23.6 Å². The van der Waals surface area contributed by atoms with Gasteiger partial charge in [0.05, 0.1) is 20.0 Å². The molecule has 0 radical (unpaired) electrons. The number of hydrogen-bond acceptors (Lipinski definition) is 7. The van der Waals surface area contributed by atoms with Gasteiger partial charge in [0.15, 0.2) is 3.95 Å².